The number of hydrogen-bond donors (Lipinski definition) is 2. The second-order valence-electron chi connectivity index (χ2n) is 4.77. The Balaban J connectivity index is 1.90. The number of nitrogen functional groups attached to an aromatic ring is 1. The minimum Gasteiger partial charge on any atom is -0.397 e. The van der Waals surface area contributed by atoms with E-state index in [-0.39, 0.29) is 5.91 Å². The van der Waals surface area contributed by atoms with Gasteiger partial charge in [0.05, 0.1) is 11.4 Å². The second kappa shape index (κ2) is 6.10. The molecule has 0 heterocycles. The standard InChI is InChI=1S/C14H18ClN2O/c15-11-6-7-13(12(16)9-11)17-14(18)8-10-4-2-1-3-5-10/h6-7,9H,1-5,8,16H2,(H,17,18). The lowest BCUT2D eigenvalue weighted by molar-refractivity contribution is -0.116. The predicted molar refractivity (Wildman–Crippen MR) is 75.4 cm³/mol. The fraction of sp³-hybridized carbons (Fsp3) is 0.429. The van der Waals surface area contributed by atoms with Crippen LogP contribution in [-0.2, 0) is 4.79 Å². The molecule has 1 aliphatic carbocycles. The maximum absolute atomic E-state index is 11.9. The third-order valence-corrected chi connectivity index (χ3v) is 3.49. The molecule has 0 bridgehead atoms. The minimum absolute atomic E-state index is 0.0147. The highest BCUT2D eigenvalue weighted by molar-refractivity contribution is 6.31. The molecule has 4 heteroatoms. The van der Waals surface area contributed by atoms with Crippen molar-refractivity contribution in [1.29, 1.82) is 0 Å². The summed E-state index contributed by atoms with van der Waals surface area (Å²) in [7, 11) is 0. The van der Waals surface area contributed by atoms with E-state index < -0.39 is 0 Å². The average molecular weight is 266 g/mol. The molecular weight excluding hydrogens is 248 g/mol. The van der Waals surface area contributed by atoms with Gasteiger partial charge in [-0.25, -0.2) is 0 Å². The molecule has 1 aliphatic rings. The first-order chi connectivity index (χ1) is 8.65. The summed E-state index contributed by atoms with van der Waals surface area (Å²) in [5, 5.41) is 3.42. The fourth-order valence-corrected chi connectivity index (χ4v) is 2.48. The third kappa shape index (κ3) is 3.64. The highest BCUT2D eigenvalue weighted by Crippen LogP contribution is 2.29. The fourth-order valence-electron chi connectivity index (χ4n) is 2.30. The Kier molecular flexibility index (Phi) is 4.48. The number of halogens is 1. The first-order valence-electron chi connectivity index (χ1n) is 6.33. The van der Waals surface area contributed by atoms with Crippen LogP contribution in [0.25, 0.3) is 0 Å². The zero-order valence-corrected chi connectivity index (χ0v) is 11.1. The Hall–Kier alpha value is -1.22. The number of rotatable bonds is 3. The van der Waals surface area contributed by atoms with Gasteiger partial charge in [-0.15, -0.1) is 0 Å². The Labute approximate surface area is 113 Å². The Bertz CT molecular complexity index is 428. The van der Waals surface area contributed by atoms with E-state index in [1.807, 2.05) is 0 Å². The van der Waals surface area contributed by atoms with Crippen LogP contribution in [0.1, 0.15) is 38.5 Å². The largest absolute Gasteiger partial charge is 0.397 e. The number of amides is 1. The molecule has 1 aromatic carbocycles. The van der Waals surface area contributed by atoms with E-state index in [4.69, 9.17) is 17.3 Å². The lowest BCUT2D eigenvalue weighted by Crippen LogP contribution is -2.17. The van der Waals surface area contributed by atoms with Crippen LogP contribution < -0.4 is 11.1 Å². The van der Waals surface area contributed by atoms with E-state index in [9.17, 15) is 4.79 Å². The first kappa shape index (κ1) is 13.2. The van der Waals surface area contributed by atoms with Gasteiger partial charge >= 0.3 is 0 Å². The highest BCUT2D eigenvalue weighted by Gasteiger charge is 2.17. The third-order valence-electron chi connectivity index (χ3n) is 3.26. The van der Waals surface area contributed by atoms with Crippen molar-refractivity contribution in [2.24, 2.45) is 0 Å². The molecular formula is C14H18ClN2O. The van der Waals surface area contributed by atoms with Crippen LogP contribution in [0.15, 0.2) is 18.2 Å². The summed E-state index contributed by atoms with van der Waals surface area (Å²) in [4.78, 5) is 11.9. The van der Waals surface area contributed by atoms with Gasteiger partial charge in [-0.1, -0.05) is 30.9 Å². The monoisotopic (exact) mass is 265 g/mol. The second-order valence-corrected chi connectivity index (χ2v) is 5.20. The van der Waals surface area contributed by atoms with Gasteiger partial charge in [0.25, 0.3) is 0 Å². The van der Waals surface area contributed by atoms with Gasteiger partial charge in [0.1, 0.15) is 0 Å². The molecule has 97 valence electrons. The lowest BCUT2D eigenvalue weighted by Gasteiger charge is -2.20. The van der Waals surface area contributed by atoms with Crippen molar-refractivity contribution in [1.82, 2.24) is 0 Å². The molecule has 1 amide bonds. The number of hydrogen-bond acceptors (Lipinski definition) is 2. The molecule has 0 atom stereocenters. The smallest absolute Gasteiger partial charge is 0.225 e. The quantitative estimate of drug-likeness (QED) is 0.817. The van der Waals surface area contributed by atoms with E-state index in [1.54, 1.807) is 18.2 Å². The summed E-state index contributed by atoms with van der Waals surface area (Å²) in [6.07, 6.45) is 6.40. The Morgan fingerprint density at radius 1 is 1.28 bits per heavy atom. The van der Waals surface area contributed by atoms with Crippen LogP contribution in [0.4, 0.5) is 11.4 Å². The number of nitrogens with two attached hydrogens (primary N) is 1. The summed E-state index contributed by atoms with van der Waals surface area (Å²) in [6, 6.07) is 5.10. The van der Waals surface area contributed by atoms with Crippen LogP contribution in [0.5, 0.6) is 0 Å². The maximum atomic E-state index is 11.9. The molecule has 2 rings (SSSR count). The van der Waals surface area contributed by atoms with Crippen molar-refractivity contribution in [3.63, 3.8) is 0 Å². The number of nitrogens with one attached hydrogen (secondary N) is 1. The normalized spacial score (nSPS) is 16.5. The highest BCUT2D eigenvalue weighted by atomic mass is 35.5. The van der Waals surface area contributed by atoms with Crippen LogP contribution in [0.2, 0.25) is 5.02 Å². The number of carbonyl (C=O) groups is 1. The summed E-state index contributed by atoms with van der Waals surface area (Å²) in [5.74, 6) is 1.37. The van der Waals surface area contributed by atoms with Gasteiger partial charge in [-0.2, -0.15) is 0 Å². The molecule has 1 fully saturated rings. The Morgan fingerprint density at radius 3 is 2.67 bits per heavy atom. The van der Waals surface area contributed by atoms with Crippen molar-refractivity contribution >= 4 is 28.9 Å². The van der Waals surface area contributed by atoms with Crippen LogP contribution in [0, 0.1) is 5.92 Å². The van der Waals surface area contributed by atoms with E-state index in [1.165, 1.54) is 25.2 Å². The van der Waals surface area contributed by atoms with Crippen molar-refractivity contribution in [2.45, 2.75) is 38.5 Å². The topological polar surface area (TPSA) is 55.1 Å². The molecule has 3 nitrogen and oxygen atoms in total. The summed E-state index contributed by atoms with van der Waals surface area (Å²) >= 11 is 5.81. The van der Waals surface area contributed by atoms with Gasteiger partial charge < -0.3 is 11.1 Å². The predicted octanol–water partition coefficient (Wildman–Crippen LogP) is 3.79. The maximum Gasteiger partial charge on any atom is 0.225 e. The minimum atomic E-state index is 0.0147. The zero-order chi connectivity index (χ0) is 13.0. The molecule has 0 saturated heterocycles. The Morgan fingerprint density at radius 2 is 2.00 bits per heavy atom. The number of anilines is 2. The van der Waals surface area contributed by atoms with E-state index >= 15 is 0 Å². The molecule has 1 saturated carbocycles. The molecule has 0 aromatic heterocycles. The van der Waals surface area contributed by atoms with Gasteiger partial charge in [-0.3, -0.25) is 4.79 Å². The molecule has 18 heavy (non-hydrogen) atoms. The average Bonchev–Trinajstić information content (AvgIpc) is 2.34. The molecule has 3 N–H and O–H groups in total. The van der Waals surface area contributed by atoms with Crippen molar-refractivity contribution in [2.75, 3.05) is 11.1 Å². The number of benzene rings is 1. The number of carbonyl (C=O) groups excluding carboxylic acids is 1. The van der Waals surface area contributed by atoms with Gasteiger partial charge in [0, 0.05) is 11.4 Å². The molecule has 0 spiro atoms. The van der Waals surface area contributed by atoms with Gasteiger partial charge in [-0.05, 0) is 37.0 Å². The summed E-state index contributed by atoms with van der Waals surface area (Å²) < 4.78 is 0. The molecule has 0 unspecified atom stereocenters. The van der Waals surface area contributed by atoms with Gasteiger partial charge in [0.15, 0.2) is 0 Å². The molecule has 0 aliphatic heterocycles. The SMILES string of the molecule is Nc1cc(Cl)ccc1NC(=O)C[C]1CCCCC1. The lowest BCUT2D eigenvalue weighted by atomic mass is 9.87. The molecule has 1 aromatic rings. The van der Waals surface area contributed by atoms with Crippen molar-refractivity contribution < 1.29 is 4.79 Å². The zero-order valence-electron chi connectivity index (χ0n) is 10.3. The summed E-state index contributed by atoms with van der Waals surface area (Å²) in [6.45, 7) is 0. The molecule has 1 radical (unpaired) electrons. The van der Waals surface area contributed by atoms with E-state index in [2.05, 4.69) is 5.32 Å². The van der Waals surface area contributed by atoms with Gasteiger partial charge in [0.2, 0.25) is 5.91 Å². The van der Waals surface area contributed by atoms with Crippen LogP contribution in [0.3, 0.4) is 0 Å². The van der Waals surface area contributed by atoms with Crippen molar-refractivity contribution in [3.05, 3.63) is 29.1 Å². The van der Waals surface area contributed by atoms with Crippen LogP contribution in [-0.4, -0.2) is 5.91 Å². The van der Waals surface area contributed by atoms with Crippen LogP contribution >= 0.6 is 11.6 Å². The first-order valence-corrected chi connectivity index (χ1v) is 6.71. The van der Waals surface area contributed by atoms with Crippen molar-refractivity contribution in [3.8, 4) is 0 Å². The summed E-state index contributed by atoms with van der Waals surface area (Å²) in [5.41, 5.74) is 6.94. The van der Waals surface area contributed by atoms with E-state index in [0.717, 1.165) is 12.8 Å². The van der Waals surface area contributed by atoms with E-state index in [0.29, 0.717) is 22.8 Å².